The van der Waals surface area contributed by atoms with Gasteiger partial charge in [-0.15, -0.1) is 0 Å². The highest BCUT2D eigenvalue weighted by Gasteiger charge is 1.87. The lowest BCUT2D eigenvalue weighted by molar-refractivity contribution is 0.591. The molecule has 0 atom stereocenters. The number of rotatable bonds is 8. The van der Waals surface area contributed by atoms with Crippen LogP contribution in [-0.2, 0) is 0 Å². The maximum Gasteiger partial charge on any atom is -0.00484 e. The summed E-state index contributed by atoms with van der Waals surface area (Å²) in [4.78, 5) is 0. The molecule has 0 saturated carbocycles. The summed E-state index contributed by atoms with van der Waals surface area (Å²) in [6, 6.07) is 0. The van der Waals surface area contributed by atoms with Crippen molar-refractivity contribution in [3.63, 3.8) is 0 Å². The SMILES string of the molecule is [CH2]CNCCCCCCNC. The van der Waals surface area contributed by atoms with Crippen LogP contribution in [0.5, 0.6) is 0 Å². The number of unbranched alkanes of at least 4 members (excludes halogenated alkanes) is 3. The predicted octanol–water partition coefficient (Wildman–Crippen LogP) is 1.19. The van der Waals surface area contributed by atoms with Gasteiger partial charge in [-0.25, -0.2) is 0 Å². The first kappa shape index (κ1) is 10.9. The molecule has 0 aromatic heterocycles. The van der Waals surface area contributed by atoms with Crippen LogP contribution in [0.2, 0.25) is 0 Å². The minimum absolute atomic E-state index is 0.858. The topological polar surface area (TPSA) is 24.1 Å². The Balaban J connectivity index is 2.69. The van der Waals surface area contributed by atoms with Crippen LogP contribution in [0.25, 0.3) is 0 Å². The van der Waals surface area contributed by atoms with E-state index in [1.807, 2.05) is 7.05 Å². The van der Waals surface area contributed by atoms with E-state index in [1.165, 1.54) is 25.7 Å². The molecule has 1 radical (unpaired) electrons. The molecule has 0 aromatic carbocycles. The van der Waals surface area contributed by atoms with Gasteiger partial charge in [-0.05, 0) is 46.4 Å². The molecule has 0 heterocycles. The zero-order valence-electron chi connectivity index (χ0n) is 7.66. The van der Waals surface area contributed by atoms with Crippen LogP contribution in [-0.4, -0.2) is 26.7 Å². The molecule has 67 valence electrons. The molecule has 0 aromatic rings. The van der Waals surface area contributed by atoms with Gasteiger partial charge in [0.15, 0.2) is 0 Å². The lowest BCUT2D eigenvalue weighted by Crippen LogP contribution is -2.14. The average Bonchev–Trinajstić information content (AvgIpc) is 2.03. The number of hydrogen-bond donors (Lipinski definition) is 2. The summed E-state index contributed by atoms with van der Waals surface area (Å²) in [5, 5.41) is 6.36. The number of hydrogen-bond acceptors (Lipinski definition) is 2. The summed E-state index contributed by atoms with van der Waals surface area (Å²) in [6.45, 7) is 6.85. The van der Waals surface area contributed by atoms with Gasteiger partial charge in [0, 0.05) is 0 Å². The van der Waals surface area contributed by atoms with E-state index in [4.69, 9.17) is 0 Å². The molecule has 2 N–H and O–H groups in total. The minimum atomic E-state index is 0.858. The second-order valence-electron chi connectivity index (χ2n) is 2.77. The summed E-state index contributed by atoms with van der Waals surface area (Å²) in [7, 11) is 2.00. The highest BCUT2D eigenvalue weighted by molar-refractivity contribution is 4.50. The molecule has 11 heavy (non-hydrogen) atoms. The molecule has 0 bridgehead atoms. The first-order valence-corrected chi connectivity index (χ1v) is 4.56. The van der Waals surface area contributed by atoms with E-state index < -0.39 is 0 Å². The second-order valence-corrected chi connectivity index (χ2v) is 2.77. The molecule has 0 aliphatic carbocycles. The Bertz CT molecular complexity index is 56.6. The highest BCUT2D eigenvalue weighted by Crippen LogP contribution is 1.96. The lowest BCUT2D eigenvalue weighted by Gasteiger charge is -2.01. The van der Waals surface area contributed by atoms with Crippen molar-refractivity contribution in [1.82, 2.24) is 10.6 Å². The molecule has 0 unspecified atom stereocenters. The molecule has 0 spiro atoms. The van der Waals surface area contributed by atoms with Gasteiger partial charge in [0.05, 0.1) is 0 Å². The first-order valence-electron chi connectivity index (χ1n) is 4.56. The standard InChI is InChI=1S/C9H21N2/c1-3-11-9-7-5-4-6-8-10-2/h10-11H,1,3-9H2,2H3. The van der Waals surface area contributed by atoms with Gasteiger partial charge in [-0.3, -0.25) is 0 Å². The Labute approximate surface area is 70.8 Å². The van der Waals surface area contributed by atoms with Crippen molar-refractivity contribution in [1.29, 1.82) is 0 Å². The third kappa shape index (κ3) is 9.92. The van der Waals surface area contributed by atoms with Crippen molar-refractivity contribution in [2.24, 2.45) is 0 Å². The summed E-state index contributed by atoms with van der Waals surface area (Å²) < 4.78 is 0. The fraction of sp³-hybridized carbons (Fsp3) is 0.889. The van der Waals surface area contributed by atoms with Crippen LogP contribution >= 0.6 is 0 Å². The fourth-order valence-corrected chi connectivity index (χ4v) is 1.03. The van der Waals surface area contributed by atoms with Gasteiger partial charge in [0.1, 0.15) is 0 Å². The van der Waals surface area contributed by atoms with E-state index in [0.717, 1.165) is 19.6 Å². The van der Waals surface area contributed by atoms with E-state index in [2.05, 4.69) is 17.6 Å². The van der Waals surface area contributed by atoms with Crippen LogP contribution in [0, 0.1) is 6.92 Å². The smallest absolute Gasteiger partial charge is 0.00484 e. The maximum atomic E-state index is 3.71. The van der Waals surface area contributed by atoms with Gasteiger partial charge in [0.2, 0.25) is 0 Å². The van der Waals surface area contributed by atoms with Crippen LogP contribution in [0.15, 0.2) is 0 Å². The molecule has 0 aliphatic rings. The molecular formula is C9H21N2. The van der Waals surface area contributed by atoms with E-state index in [9.17, 15) is 0 Å². The van der Waals surface area contributed by atoms with Crippen molar-refractivity contribution >= 4 is 0 Å². The van der Waals surface area contributed by atoms with Crippen LogP contribution in [0.1, 0.15) is 25.7 Å². The summed E-state index contributed by atoms with van der Waals surface area (Å²) in [5.41, 5.74) is 0. The zero-order valence-corrected chi connectivity index (χ0v) is 7.66. The van der Waals surface area contributed by atoms with Crippen molar-refractivity contribution in [2.75, 3.05) is 26.7 Å². The molecule has 0 saturated heterocycles. The minimum Gasteiger partial charge on any atom is -0.320 e. The van der Waals surface area contributed by atoms with Crippen molar-refractivity contribution in [2.45, 2.75) is 25.7 Å². The molecular weight excluding hydrogens is 136 g/mol. The van der Waals surface area contributed by atoms with Crippen LogP contribution in [0.3, 0.4) is 0 Å². The number of nitrogens with one attached hydrogen (secondary N) is 2. The predicted molar refractivity (Wildman–Crippen MR) is 50.6 cm³/mol. The van der Waals surface area contributed by atoms with Gasteiger partial charge in [-0.1, -0.05) is 12.8 Å². The van der Waals surface area contributed by atoms with Gasteiger partial charge >= 0.3 is 0 Å². The van der Waals surface area contributed by atoms with Gasteiger partial charge in [0.25, 0.3) is 0 Å². The van der Waals surface area contributed by atoms with Crippen LogP contribution in [0.4, 0.5) is 0 Å². The fourth-order valence-electron chi connectivity index (χ4n) is 1.03. The zero-order chi connectivity index (χ0) is 8.36. The van der Waals surface area contributed by atoms with Gasteiger partial charge < -0.3 is 10.6 Å². The molecule has 0 fully saturated rings. The van der Waals surface area contributed by atoms with Crippen LogP contribution < -0.4 is 10.6 Å². The Kier molecular flexibility index (Phi) is 9.85. The molecule has 0 aliphatic heterocycles. The molecule has 0 amide bonds. The Morgan fingerprint density at radius 2 is 1.64 bits per heavy atom. The molecule has 0 rings (SSSR count). The second kappa shape index (κ2) is 9.92. The molecule has 2 heteroatoms. The summed E-state index contributed by atoms with van der Waals surface area (Å²) in [6.07, 6.45) is 5.29. The third-order valence-electron chi connectivity index (χ3n) is 1.71. The largest absolute Gasteiger partial charge is 0.320 e. The lowest BCUT2D eigenvalue weighted by atomic mass is 10.2. The van der Waals surface area contributed by atoms with Crippen molar-refractivity contribution < 1.29 is 0 Å². The third-order valence-corrected chi connectivity index (χ3v) is 1.71. The Hall–Kier alpha value is -0.0800. The van der Waals surface area contributed by atoms with E-state index in [1.54, 1.807) is 0 Å². The molecule has 2 nitrogen and oxygen atoms in total. The van der Waals surface area contributed by atoms with Crippen molar-refractivity contribution in [3.05, 3.63) is 6.92 Å². The Morgan fingerprint density at radius 3 is 2.18 bits per heavy atom. The Morgan fingerprint density at radius 1 is 1.00 bits per heavy atom. The van der Waals surface area contributed by atoms with E-state index in [0.29, 0.717) is 0 Å². The first-order chi connectivity index (χ1) is 5.41. The van der Waals surface area contributed by atoms with E-state index in [-0.39, 0.29) is 0 Å². The highest BCUT2D eigenvalue weighted by atomic mass is 14.8. The summed E-state index contributed by atoms with van der Waals surface area (Å²) in [5.74, 6) is 0. The van der Waals surface area contributed by atoms with Crippen molar-refractivity contribution in [3.8, 4) is 0 Å². The quantitative estimate of drug-likeness (QED) is 0.517. The maximum absolute atomic E-state index is 3.71. The normalized spacial score (nSPS) is 10.4. The average molecular weight is 157 g/mol. The monoisotopic (exact) mass is 157 g/mol. The summed E-state index contributed by atoms with van der Waals surface area (Å²) >= 11 is 0. The van der Waals surface area contributed by atoms with Gasteiger partial charge in [-0.2, -0.15) is 0 Å². The van der Waals surface area contributed by atoms with E-state index >= 15 is 0 Å².